The number of benzene rings is 2. The summed E-state index contributed by atoms with van der Waals surface area (Å²) in [6, 6.07) is 13.9. The highest BCUT2D eigenvalue weighted by atomic mass is 16.5. The predicted molar refractivity (Wildman–Crippen MR) is 92.6 cm³/mol. The van der Waals surface area contributed by atoms with Gasteiger partial charge in [-0.15, -0.1) is 0 Å². The summed E-state index contributed by atoms with van der Waals surface area (Å²) >= 11 is 0. The van der Waals surface area contributed by atoms with Crippen molar-refractivity contribution in [3.63, 3.8) is 0 Å². The Kier molecular flexibility index (Phi) is 4.75. The Morgan fingerprint density at radius 3 is 2.64 bits per heavy atom. The maximum Gasteiger partial charge on any atom is 0.255 e. The van der Waals surface area contributed by atoms with Crippen LogP contribution in [0.5, 0.6) is 5.75 Å². The molecule has 7 nitrogen and oxygen atoms in total. The van der Waals surface area contributed by atoms with Gasteiger partial charge in [-0.1, -0.05) is 6.07 Å². The van der Waals surface area contributed by atoms with Gasteiger partial charge in [-0.2, -0.15) is 0 Å². The molecule has 7 heteroatoms. The van der Waals surface area contributed by atoms with Crippen LogP contribution in [0.2, 0.25) is 0 Å². The van der Waals surface area contributed by atoms with E-state index < -0.39 is 5.91 Å². The lowest BCUT2D eigenvalue weighted by molar-refractivity contribution is -0.119. The van der Waals surface area contributed by atoms with E-state index in [0.717, 1.165) is 5.69 Å². The molecule has 0 fully saturated rings. The van der Waals surface area contributed by atoms with Gasteiger partial charge in [0.1, 0.15) is 5.75 Å². The van der Waals surface area contributed by atoms with Crippen molar-refractivity contribution in [3.8, 4) is 11.4 Å². The summed E-state index contributed by atoms with van der Waals surface area (Å²) in [5.74, 6) is -0.332. The van der Waals surface area contributed by atoms with E-state index in [-0.39, 0.29) is 12.5 Å². The van der Waals surface area contributed by atoms with E-state index in [4.69, 9.17) is 10.5 Å². The first kappa shape index (κ1) is 16.3. The lowest BCUT2D eigenvalue weighted by atomic mass is 10.2. The van der Waals surface area contributed by atoms with Crippen LogP contribution in [0.4, 0.5) is 5.69 Å². The summed E-state index contributed by atoms with van der Waals surface area (Å²) in [7, 11) is 0. The molecular formula is C18H16N4O3. The van der Waals surface area contributed by atoms with Crippen molar-refractivity contribution in [1.29, 1.82) is 0 Å². The molecule has 0 saturated carbocycles. The Morgan fingerprint density at radius 1 is 1.16 bits per heavy atom. The number of carbonyl (C=O) groups excluding carboxylic acids is 2. The van der Waals surface area contributed by atoms with Crippen LogP contribution >= 0.6 is 0 Å². The molecule has 0 saturated heterocycles. The summed E-state index contributed by atoms with van der Waals surface area (Å²) in [5, 5.41) is 2.84. The van der Waals surface area contributed by atoms with Crippen molar-refractivity contribution >= 4 is 17.5 Å². The Labute approximate surface area is 144 Å². The van der Waals surface area contributed by atoms with Crippen LogP contribution in [-0.2, 0) is 4.79 Å². The summed E-state index contributed by atoms with van der Waals surface area (Å²) < 4.78 is 7.01. The van der Waals surface area contributed by atoms with Gasteiger partial charge in [0.05, 0.1) is 6.33 Å². The molecule has 0 atom stereocenters. The molecule has 0 aliphatic rings. The third-order valence-electron chi connectivity index (χ3n) is 3.40. The fourth-order valence-electron chi connectivity index (χ4n) is 2.22. The number of imidazole rings is 1. The summed E-state index contributed by atoms with van der Waals surface area (Å²) in [4.78, 5) is 27.0. The molecule has 25 heavy (non-hydrogen) atoms. The molecule has 1 heterocycles. The maximum absolute atomic E-state index is 12.3. The molecule has 0 unspecified atom stereocenters. The van der Waals surface area contributed by atoms with Crippen LogP contribution in [-0.4, -0.2) is 28.0 Å². The number of nitrogens with one attached hydrogen (secondary N) is 1. The first-order valence-electron chi connectivity index (χ1n) is 7.53. The summed E-state index contributed by atoms with van der Waals surface area (Å²) in [6.45, 7) is -0.202. The molecule has 3 rings (SSSR count). The number of primary amides is 1. The Balaban J connectivity index is 1.68. The summed E-state index contributed by atoms with van der Waals surface area (Å²) in [5.41, 5.74) is 7.06. The number of ether oxygens (including phenoxy) is 1. The molecule has 0 aliphatic carbocycles. The topological polar surface area (TPSA) is 99.2 Å². The minimum absolute atomic E-state index is 0.202. The van der Waals surface area contributed by atoms with E-state index in [0.29, 0.717) is 17.0 Å². The Bertz CT molecular complexity index is 874. The largest absolute Gasteiger partial charge is 0.484 e. The zero-order valence-corrected chi connectivity index (χ0v) is 13.3. The van der Waals surface area contributed by atoms with Crippen molar-refractivity contribution in [2.24, 2.45) is 5.73 Å². The Morgan fingerprint density at radius 2 is 1.96 bits per heavy atom. The first-order valence-corrected chi connectivity index (χ1v) is 7.53. The number of aromatic nitrogens is 2. The van der Waals surface area contributed by atoms with Crippen LogP contribution in [0.3, 0.4) is 0 Å². The van der Waals surface area contributed by atoms with E-state index in [9.17, 15) is 9.59 Å². The van der Waals surface area contributed by atoms with Gasteiger partial charge < -0.3 is 20.4 Å². The third-order valence-corrected chi connectivity index (χ3v) is 3.40. The van der Waals surface area contributed by atoms with Gasteiger partial charge in [0.2, 0.25) is 0 Å². The van der Waals surface area contributed by atoms with Crippen LogP contribution in [0.15, 0.2) is 67.3 Å². The molecule has 3 N–H and O–H groups in total. The molecule has 0 aliphatic heterocycles. The van der Waals surface area contributed by atoms with Gasteiger partial charge in [0, 0.05) is 29.3 Å². The minimum atomic E-state index is -0.556. The number of hydrogen-bond acceptors (Lipinski definition) is 4. The van der Waals surface area contributed by atoms with Crippen LogP contribution in [0.25, 0.3) is 5.69 Å². The highest BCUT2D eigenvalue weighted by molar-refractivity contribution is 6.04. The van der Waals surface area contributed by atoms with E-state index in [2.05, 4.69) is 10.3 Å². The van der Waals surface area contributed by atoms with Gasteiger partial charge in [0.15, 0.2) is 6.61 Å². The van der Waals surface area contributed by atoms with Crippen LogP contribution in [0, 0.1) is 0 Å². The van der Waals surface area contributed by atoms with Gasteiger partial charge in [-0.05, 0) is 42.5 Å². The fraction of sp³-hybridized carbons (Fsp3) is 0.0556. The van der Waals surface area contributed by atoms with Gasteiger partial charge >= 0.3 is 0 Å². The van der Waals surface area contributed by atoms with E-state index in [1.165, 1.54) is 0 Å². The van der Waals surface area contributed by atoms with Crippen LogP contribution < -0.4 is 15.8 Å². The predicted octanol–water partition coefficient (Wildman–Crippen LogP) is 1.99. The number of nitrogens with zero attached hydrogens (tertiary/aromatic N) is 2. The lowest BCUT2D eigenvalue weighted by Gasteiger charge is -2.09. The molecular weight excluding hydrogens is 320 g/mol. The number of anilines is 1. The monoisotopic (exact) mass is 336 g/mol. The van der Waals surface area contributed by atoms with E-state index in [1.807, 2.05) is 35.0 Å². The van der Waals surface area contributed by atoms with Crippen molar-refractivity contribution in [2.45, 2.75) is 0 Å². The van der Waals surface area contributed by atoms with Crippen molar-refractivity contribution < 1.29 is 14.3 Å². The highest BCUT2D eigenvalue weighted by Gasteiger charge is 2.07. The van der Waals surface area contributed by atoms with E-state index >= 15 is 0 Å². The van der Waals surface area contributed by atoms with Crippen molar-refractivity contribution in [1.82, 2.24) is 9.55 Å². The van der Waals surface area contributed by atoms with Gasteiger partial charge in [-0.25, -0.2) is 4.98 Å². The quantitative estimate of drug-likeness (QED) is 0.719. The third kappa shape index (κ3) is 4.23. The van der Waals surface area contributed by atoms with E-state index in [1.54, 1.807) is 36.8 Å². The molecule has 0 bridgehead atoms. The van der Waals surface area contributed by atoms with Gasteiger partial charge in [0.25, 0.3) is 11.8 Å². The van der Waals surface area contributed by atoms with Crippen molar-refractivity contribution in [2.75, 3.05) is 11.9 Å². The molecule has 0 radical (unpaired) electrons. The zero-order chi connectivity index (χ0) is 17.6. The average Bonchev–Trinajstić information content (AvgIpc) is 3.15. The zero-order valence-electron chi connectivity index (χ0n) is 13.3. The molecule has 126 valence electrons. The highest BCUT2D eigenvalue weighted by Crippen LogP contribution is 2.17. The summed E-state index contributed by atoms with van der Waals surface area (Å²) in [6.07, 6.45) is 5.20. The fourth-order valence-corrected chi connectivity index (χ4v) is 2.22. The number of carbonyl (C=O) groups is 2. The first-order chi connectivity index (χ1) is 12.1. The second-order valence-corrected chi connectivity index (χ2v) is 5.25. The smallest absolute Gasteiger partial charge is 0.255 e. The molecule has 1 aromatic heterocycles. The molecule has 0 spiro atoms. The minimum Gasteiger partial charge on any atom is -0.484 e. The number of amides is 2. The SMILES string of the molecule is NC(=O)COc1ccc(C(=O)Nc2cccc(-n3ccnc3)c2)cc1. The normalized spacial score (nSPS) is 10.2. The standard InChI is InChI=1S/C18H16N4O3/c19-17(23)11-25-16-6-4-13(5-7-16)18(24)21-14-2-1-3-15(10-14)22-9-8-20-12-22/h1-10,12H,11H2,(H2,19,23)(H,21,24). The second-order valence-electron chi connectivity index (χ2n) is 5.25. The Hall–Kier alpha value is -3.61. The van der Waals surface area contributed by atoms with Gasteiger partial charge in [-0.3, -0.25) is 9.59 Å². The molecule has 3 aromatic rings. The lowest BCUT2D eigenvalue weighted by Crippen LogP contribution is -2.20. The number of rotatable bonds is 6. The second kappa shape index (κ2) is 7.31. The van der Waals surface area contributed by atoms with Crippen LogP contribution in [0.1, 0.15) is 10.4 Å². The maximum atomic E-state index is 12.3. The number of hydrogen-bond donors (Lipinski definition) is 2. The molecule has 2 aromatic carbocycles. The number of nitrogens with two attached hydrogens (primary N) is 1. The average molecular weight is 336 g/mol. The van der Waals surface area contributed by atoms with Crippen molar-refractivity contribution in [3.05, 3.63) is 72.8 Å². The molecule has 2 amide bonds.